The number of carbonyl (C=O) groups excluding carboxylic acids is 1. The van der Waals surface area contributed by atoms with E-state index in [0.29, 0.717) is 35.7 Å². The first kappa shape index (κ1) is 23.3. The number of aromatic amines is 1. The molecule has 8 heteroatoms. The number of nitrogens with zero attached hydrogens (tertiary/aromatic N) is 1. The Kier molecular flexibility index (Phi) is 7.72. The van der Waals surface area contributed by atoms with Gasteiger partial charge in [-0.05, 0) is 67.1 Å². The van der Waals surface area contributed by atoms with Gasteiger partial charge in [-0.2, -0.15) is 4.28 Å². The smallest absolute Gasteiger partial charge is 0.467 e. The lowest BCUT2D eigenvalue weighted by Gasteiger charge is -2.06. The van der Waals surface area contributed by atoms with Gasteiger partial charge in [0.1, 0.15) is 11.6 Å². The number of H-pyrrole nitrogens is 1. The number of ether oxygens (including phenoxy) is 1. The van der Waals surface area contributed by atoms with Crippen molar-refractivity contribution < 1.29 is 22.9 Å². The number of unbranched alkanes of at least 4 members (excludes halogenated alkanes) is 1. The molecule has 0 unspecified atom stereocenters. The molecule has 0 saturated heterocycles. The van der Waals surface area contributed by atoms with Crippen molar-refractivity contribution in [2.45, 2.75) is 17.7 Å². The van der Waals surface area contributed by atoms with Crippen molar-refractivity contribution in [1.29, 1.82) is 0 Å². The van der Waals surface area contributed by atoms with Crippen LogP contribution in [0.5, 0.6) is 5.75 Å². The molecule has 1 amide bonds. The van der Waals surface area contributed by atoms with Gasteiger partial charge >= 0.3 is 5.91 Å². The highest BCUT2D eigenvalue weighted by Gasteiger charge is 2.23. The summed E-state index contributed by atoms with van der Waals surface area (Å²) in [5.41, 5.74) is 1.09. The van der Waals surface area contributed by atoms with E-state index in [2.05, 4.69) is 4.98 Å². The van der Waals surface area contributed by atoms with Crippen LogP contribution in [0.15, 0.2) is 94.6 Å². The first-order chi connectivity index (χ1) is 16.6. The minimum Gasteiger partial charge on any atom is -0.494 e. The summed E-state index contributed by atoms with van der Waals surface area (Å²) in [6.45, 7) is 0.434. The molecule has 0 spiro atoms. The molecular formula is C26H22FN2O4S+. The lowest BCUT2D eigenvalue weighted by atomic mass is 10.2. The number of rotatable bonds is 9. The topological polar surface area (TPSA) is 71.4 Å². The van der Waals surface area contributed by atoms with Crippen molar-refractivity contribution in [2.75, 3.05) is 6.61 Å². The van der Waals surface area contributed by atoms with Gasteiger partial charge in [-0.15, -0.1) is 0 Å². The quantitative estimate of drug-likeness (QED) is 0.115. The molecule has 0 aliphatic rings. The number of hydrogen-bond acceptors (Lipinski definition) is 5. The molecule has 0 radical (unpaired) electrons. The second-order valence-electron chi connectivity index (χ2n) is 7.35. The Morgan fingerprint density at radius 3 is 2.59 bits per heavy atom. The highest BCUT2D eigenvalue weighted by molar-refractivity contribution is 7.94. The molecule has 0 aliphatic heterocycles. The number of hydrogen-bond donors (Lipinski definition) is 1. The van der Waals surface area contributed by atoms with Crippen LogP contribution >= 0.6 is 12.0 Å². The molecule has 172 valence electrons. The van der Waals surface area contributed by atoms with Crippen LogP contribution in [0.3, 0.4) is 0 Å². The van der Waals surface area contributed by atoms with Crippen LogP contribution in [0.4, 0.5) is 4.39 Å². The van der Waals surface area contributed by atoms with E-state index in [-0.39, 0.29) is 17.3 Å². The van der Waals surface area contributed by atoms with E-state index in [9.17, 15) is 14.0 Å². The first-order valence-corrected chi connectivity index (χ1v) is 11.4. The molecule has 0 aliphatic carbocycles. The largest absolute Gasteiger partial charge is 0.494 e. The van der Waals surface area contributed by atoms with Crippen molar-refractivity contribution in [1.82, 2.24) is 4.98 Å². The normalized spacial score (nSPS) is 11.4. The predicted molar refractivity (Wildman–Crippen MR) is 130 cm³/mol. The summed E-state index contributed by atoms with van der Waals surface area (Å²) < 4.78 is 25.8. The van der Waals surface area contributed by atoms with Crippen LogP contribution < -0.4 is 10.3 Å². The Balaban J connectivity index is 1.37. The zero-order chi connectivity index (χ0) is 23.8. The molecule has 1 heterocycles. The summed E-state index contributed by atoms with van der Waals surface area (Å²) in [6, 6.07) is 23.4. The van der Waals surface area contributed by atoms with Gasteiger partial charge in [0.25, 0.3) is 0 Å². The van der Waals surface area contributed by atoms with E-state index in [4.69, 9.17) is 9.02 Å². The summed E-state index contributed by atoms with van der Waals surface area (Å²) in [6.07, 6.45) is 2.84. The fraction of sp³-hybridized carbons (Fsp3) is 0.115. The first-order valence-electron chi connectivity index (χ1n) is 10.7. The molecule has 6 nitrogen and oxygen atoms in total. The van der Waals surface area contributed by atoms with Crippen LogP contribution in [-0.2, 0) is 4.28 Å². The number of carbonyl (C=O) groups is 1. The van der Waals surface area contributed by atoms with Gasteiger partial charge in [0.2, 0.25) is 11.8 Å². The van der Waals surface area contributed by atoms with Crippen LogP contribution in [0.25, 0.3) is 10.9 Å². The fourth-order valence-corrected chi connectivity index (χ4v) is 3.67. The van der Waals surface area contributed by atoms with E-state index < -0.39 is 0 Å². The minimum atomic E-state index is -0.340. The number of fused-ring (bicyclic) bond motifs is 1. The SMILES string of the molecule is O=C(c1ccccc1)[N+](=CCCCOc1ccc2[nH]c(=O)ccc2c1)OSc1ccc(F)cc1. The van der Waals surface area contributed by atoms with Gasteiger partial charge in [0.05, 0.1) is 21.8 Å². The molecule has 0 saturated carbocycles. The van der Waals surface area contributed by atoms with Gasteiger partial charge < -0.3 is 9.72 Å². The average molecular weight is 478 g/mol. The minimum absolute atomic E-state index is 0.147. The molecule has 0 bridgehead atoms. The average Bonchev–Trinajstić information content (AvgIpc) is 2.87. The molecule has 3 aromatic carbocycles. The Morgan fingerprint density at radius 1 is 1.00 bits per heavy atom. The molecule has 1 aromatic heterocycles. The van der Waals surface area contributed by atoms with Gasteiger partial charge in [-0.1, -0.05) is 18.2 Å². The molecule has 0 fully saturated rings. The summed E-state index contributed by atoms with van der Waals surface area (Å²) in [5, 5.41) is 0.884. The van der Waals surface area contributed by atoms with Crippen LogP contribution in [-0.4, -0.2) is 28.5 Å². The second-order valence-corrected chi connectivity index (χ2v) is 8.14. The molecule has 34 heavy (non-hydrogen) atoms. The summed E-state index contributed by atoms with van der Waals surface area (Å²) in [4.78, 5) is 27.7. The maximum absolute atomic E-state index is 13.1. The number of halogens is 1. The third-order valence-corrected chi connectivity index (χ3v) is 5.56. The zero-order valence-corrected chi connectivity index (χ0v) is 19.0. The Morgan fingerprint density at radius 2 is 1.79 bits per heavy atom. The molecule has 4 aromatic rings. The van der Waals surface area contributed by atoms with Gasteiger partial charge in [0, 0.05) is 23.4 Å². The zero-order valence-electron chi connectivity index (χ0n) is 18.1. The Hall–Kier alpha value is -3.91. The Labute approximate surface area is 199 Å². The summed E-state index contributed by atoms with van der Waals surface area (Å²) in [7, 11) is 0. The monoisotopic (exact) mass is 477 g/mol. The van der Waals surface area contributed by atoms with E-state index in [1.807, 2.05) is 12.1 Å². The second kappa shape index (κ2) is 11.3. The molecule has 1 N–H and O–H groups in total. The highest BCUT2D eigenvalue weighted by Crippen LogP contribution is 2.21. The van der Waals surface area contributed by atoms with Crippen LogP contribution in [0.2, 0.25) is 0 Å². The van der Waals surface area contributed by atoms with Crippen molar-refractivity contribution in [3.8, 4) is 5.75 Å². The molecular weight excluding hydrogens is 455 g/mol. The maximum atomic E-state index is 13.1. The number of hydroxylamine groups is 1. The van der Waals surface area contributed by atoms with Gasteiger partial charge in [-0.25, -0.2) is 9.18 Å². The third kappa shape index (κ3) is 6.32. The maximum Gasteiger partial charge on any atom is 0.467 e. The number of pyridine rings is 1. The number of benzene rings is 3. The number of aromatic nitrogens is 1. The lowest BCUT2D eigenvalue weighted by molar-refractivity contribution is -0.658. The van der Waals surface area contributed by atoms with E-state index >= 15 is 0 Å². The van der Waals surface area contributed by atoms with Crippen LogP contribution in [0, 0.1) is 5.82 Å². The van der Waals surface area contributed by atoms with Crippen LogP contribution in [0.1, 0.15) is 23.2 Å². The highest BCUT2D eigenvalue weighted by atomic mass is 32.2. The molecule has 4 rings (SSSR count). The van der Waals surface area contributed by atoms with Gasteiger partial charge in [-0.3, -0.25) is 4.79 Å². The molecule has 0 atom stereocenters. The van der Waals surface area contributed by atoms with E-state index in [1.165, 1.54) is 22.9 Å². The predicted octanol–water partition coefficient (Wildman–Crippen LogP) is 5.39. The van der Waals surface area contributed by atoms with E-state index in [0.717, 1.165) is 22.9 Å². The number of nitrogens with one attached hydrogen (secondary N) is 1. The van der Waals surface area contributed by atoms with Crippen molar-refractivity contribution in [2.24, 2.45) is 0 Å². The standard InChI is InChI=1S/C26H21FN2O4S/c27-21-9-12-23(13-10-21)34-33-29(26(31)19-6-2-1-3-7-19)16-4-5-17-32-22-11-14-24-20(18-22)8-15-25(30)28-24/h1-3,6-16,18H,4-5,17H2/p+1. The third-order valence-electron chi connectivity index (χ3n) is 4.86. The summed E-state index contributed by atoms with van der Waals surface area (Å²) in [5.74, 6) is 0.0485. The number of amides is 1. The van der Waals surface area contributed by atoms with Crippen molar-refractivity contribution in [3.63, 3.8) is 0 Å². The van der Waals surface area contributed by atoms with Gasteiger partial charge in [0.15, 0.2) is 12.0 Å². The fourth-order valence-electron chi connectivity index (χ4n) is 3.13. The lowest BCUT2D eigenvalue weighted by Crippen LogP contribution is -2.20. The van der Waals surface area contributed by atoms with Crippen molar-refractivity contribution in [3.05, 3.63) is 107 Å². The Bertz CT molecular complexity index is 1350. The van der Waals surface area contributed by atoms with Crippen molar-refractivity contribution >= 4 is 35.1 Å². The summed E-state index contributed by atoms with van der Waals surface area (Å²) >= 11 is 0.974. The van der Waals surface area contributed by atoms with E-state index in [1.54, 1.807) is 60.8 Å².